The van der Waals surface area contributed by atoms with E-state index in [1.165, 1.54) is 12.1 Å². The van der Waals surface area contributed by atoms with Crippen LogP contribution in [0, 0.1) is 5.82 Å². The van der Waals surface area contributed by atoms with Crippen LogP contribution in [0.3, 0.4) is 0 Å². The summed E-state index contributed by atoms with van der Waals surface area (Å²) >= 11 is 0. The summed E-state index contributed by atoms with van der Waals surface area (Å²) in [6, 6.07) is 7.90. The lowest BCUT2D eigenvalue weighted by molar-refractivity contribution is 0.179. The molecule has 4 rings (SSSR count). The van der Waals surface area contributed by atoms with E-state index >= 15 is 0 Å². The number of rotatable bonds is 5. The normalized spacial score (nSPS) is 20.4. The van der Waals surface area contributed by atoms with Gasteiger partial charge in [-0.2, -0.15) is 5.10 Å². The Morgan fingerprint density at radius 1 is 1.17 bits per heavy atom. The Kier molecular flexibility index (Phi) is 3.96. The van der Waals surface area contributed by atoms with E-state index in [0.29, 0.717) is 24.7 Å². The summed E-state index contributed by atoms with van der Waals surface area (Å²) < 4.78 is 27.7. The molecule has 24 heavy (non-hydrogen) atoms. The van der Waals surface area contributed by atoms with Gasteiger partial charge in [0.15, 0.2) is 0 Å². The molecule has 0 amide bonds. The molecule has 1 fully saturated rings. The molecule has 0 saturated carbocycles. The van der Waals surface area contributed by atoms with Crippen LogP contribution in [0.5, 0.6) is 5.75 Å². The van der Waals surface area contributed by atoms with Gasteiger partial charge in [0.05, 0.1) is 25.5 Å². The van der Waals surface area contributed by atoms with Gasteiger partial charge < -0.3 is 9.47 Å². The maximum atomic E-state index is 12.9. The molecule has 3 aromatic rings. The largest absolute Gasteiger partial charge is 0.487 e. The molecule has 124 valence electrons. The third-order valence-electron chi connectivity index (χ3n) is 3.98. The van der Waals surface area contributed by atoms with Crippen LogP contribution in [0.2, 0.25) is 0 Å². The number of nitrogens with zero attached hydrogens (tertiary/aromatic N) is 5. The van der Waals surface area contributed by atoms with Gasteiger partial charge in [-0.1, -0.05) is 5.21 Å². The van der Waals surface area contributed by atoms with Crippen LogP contribution >= 0.6 is 0 Å². The van der Waals surface area contributed by atoms with Crippen molar-refractivity contribution in [3.05, 3.63) is 60.4 Å². The van der Waals surface area contributed by atoms with E-state index < -0.39 is 0 Å². The molecule has 8 heteroatoms. The second-order valence-electron chi connectivity index (χ2n) is 5.59. The van der Waals surface area contributed by atoms with E-state index in [4.69, 9.17) is 9.47 Å². The highest BCUT2D eigenvalue weighted by Gasteiger charge is 2.32. The summed E-state index contributed by atoms with van der Waals surface area (Å²) in [7, 11) is 0. The summed E-state index contributed by atoms with van der Waals surface area (Å²) in [5.74, 6) is 0.295. The van der Waals surface area contributed by atoms with Gasteiger partial charge in [-0.05, 0) is 30.3 Å². The second kappa shape index (κ2) is 6.40. The van der Waals surface area contributed by atoms with Gasteiger partial charge in [-0.3, -0.25) is 4.68 Å². The van der Waals surface area contributed by atoms with Crippen LogP contribution in [-0.2, 0) is 11.3 Å². The van der Waals surface area contributed by atoms with Crippen LogP contribution in [0.25, 0.3) is 0 Å². The highest BCUT2D eigenvalue weighted by Crippen LogP contribution is 2.29. The van der Waals surface area contributed by atoms with Crippen molar-refractivity contribution in [1.82, 2.24) is 24.8 Å². The van der Waals surface area contributed by atoms with E-state index in [0.717, 1.165) is 0 Å². The topological polar surface area (TPSA) is 67.0 Å². The van der Waals surface area contributed by atoms with Crippen molar-refractivity contribution >= 4 is 0 Å². The average Bonchev–Trinajstić information content (AvgIpc) is 3.33. The minimum absolute atomic E-state index is 0.0389. The minimum atomic E-state index is -0.292. The van der Waals surface area contributed by atoms with Crippen LogP contribution in [0.15, 0.2) is 48.9 Å². The van der Waals surface area contributed by atoms with E-state index in [-0.39, 0.29) is 24.5 Å². The summed E-state index contributed by atoms with van der Waals surface area (Å²) in [6.45, 7) is 1.42. The molecule has 0 radical (unpaired) electrons. The molecule has 0 N–H and O–H groups in total. The van der Waals surface area contributed by atoms with Crippen LogP contribution < -0.4 is 4.74 Å². The van der Waals surface area contributed by atoms with E-state index in [9.17, 15) is 4.39 Å². The van der Waals surface area contributed by atoms with Gasteiger partial charge in [0, 0.05) is 12.4 Å². The predicted molar refractivity (Wildman–Crippen MR) is 81.9 cm³/mol. The van der Waals surface area contributed by atoms with Crippen molar-refractivity contribution in [2.75, 3.05) is 13.2 Å². The monoisotopic (exact) mass is 329 g/mol. The zero-order valence-corrected chi connectivity index (χ0v) is 12.8. The average molecular weight is 329 g/mol. The standard InChI is InChI=1S/C16H16FN5O2/c17-12-2-4-14(5-3-12)24-9-13-8-22(20-19-13)16-11-23-10-15(16)21-7-1-6-18-21/h1-8,15-16H,9-11H2/t15-,16+/m0/s1. The molecule has 0 spiro atoms. The van der Waals surface area contributed by atoms with Crippen molar-refractivity contribution in [3.63, 3.8) is 0 Å². The second-order valence-corrected chi connectivity index (χ2v) is 5.59. The zero-order valence-electron chi connectivity index (χ0n) is 12.8. The molecule has 3 heterocycles. The fraction of sp³-hybridized carbons (Fsp3) is 0.312. The molecular formula is C16H16FN5O2. The van der Waals surface area contributed by atoms with E-state index in [2.05, 4.69) is 15.4 Å². The van der Waals surface area contributed by atoms with Crippen molar-refractivity contribution in [2.24, 2.45) is 0 Å². The molecule has 1 aliphatic rings. The number of hydrogen-bond donors (Lipinski definition) is 0. The molecule has 1 saturated heterocycles. The third-order valence-corrected chi connectivity index (χ3v) is 3.98. The van der Waals surface area contributed by atoms with Crippen LogP contribution in [0.1, 0.15) is 17.8 Å². The summed E-state index contributed by atoms with van der Waals surface area (Å²) in [6.07, 6.45) is 5.51. The molecule has 0 unspecified atom stereocenters. The van der Waals surface area contributed by atoms with Gasteiger partial charge in [0.1, 0.15) is 29.9 Å². The molecule has 0 aliphatic carbocycles. The zero-order chi connectivity index (χ0) is 16.4. The summed E-state index contributed by atoms with van der Waals surface area (Å²) in [5.41, 5.74) is 0.699. The van der Waals surface area contributed by atoms with Crippen molar-refractivity contribution in [1.29, 1.82) is 0 Å². The first-order chi connectivity index (χ1) is 11.8. The highest BCUT2D eigenvalue weighted by molar-refractivity contribution is 5.22. The summed E-state index contributed by atoms with van der Waals surface area (Å²) in [5, 5.41) is 12.6. The first-order valence-corrected chi connectivity index (χ1v) is 7.65. The lowest BCUT2D eigenvalue weighted by atomic mass is 10.2. The predicted octanol–water partition coefficient (Wildman–Crippen LogP) is 2.01. The quantitative estimate of drug-likeness (QED) is 0.716. The molecule has 0 bridgehead atoms. The first-order valence-electron chi connectivity index (χ1n) is 7.65. The Hall–Kier alpha value is -2.74. The van der Waals surface area contributed by atoms with Gasteiger partial charge in [0.2, 0.25) is 0 Å². The Balaban J connectivity index is 1.43. The minimum Gasteiger partial charge on any atom is -0.487 e. The van der Waals surface area contributed by atoms with E-state index in [1.54, 1.807) is 23.0 Å². The third kappa shape index (κ3) is 3.00. The molecule has 7 nitrogen and oxygen atoms in total. The fourth-order valence-corrected chi connectivity index (χ4v) is 2.74. The van der Waals surface area contributed by atoms with Gasteiger partial charge in [0.25, 0.3) is 0 Å². The smallest absolute Gasteiger partial charge is 0.134 e. The van der Waals surface area contributed by atoms with Crippen LogP contribution in [0.4, 0.5) is 4.39 Å². The van der Waals surface area contributed by atoms with Crippen LogP contribution in [-0.4, -0.2) is 38.0 Å². The molecule has 2 aromatic heterocycles. The number of halogens is 1. The fourth-order valence-electron chi connectivity index (χ4n) is 2.74. The maximum Gasteiger partial charge on any atom is 0.134 e. The molecule has 1 aliphatic heterocycles. The Labute approximate surface area is 137 Å². The first kappa shape index (κ1) is 14.8. The SMILES string of the molecule is Fc1ccc(OCc2cn([C@@H]3COC[C@@H]3n3cccn3)nn2)cc1. The Morgan fingerprint density at radius 3 is 2.71 bits per heavy atom. The Morgan fingerprint density at radius 2 is 1.96 bits per heavy atom. The number of hydrogen-bond acceptors (Lipinski definition) is 5. The van der Waals surface area contributed by atoms with E-state index in [1.807, 2.05) is 23.1 Å². The number of benzene rings is 1. The lowest BCUT2D eigenvalue weighted by Crippen LogP contribution is -2.22. The number of aromatic nitrogens is 5. The van der Waals surface area contributed by atoms with Gasteiger partial charge >= 0.3 is 0 Å². The molecule has 2 atom stereocenters. The van der Waals surface area contributed by atoms with Crippen molar-refractivity contribution < 1.29 is 13.9 Å². The van der Waals surface area contributed by atoms with Gasteiger partial charge in [-0.15, -0.1) is 5.10 Å². The van der Waals surface area contributed by atoms with Crippen molar-refractivity contribution in [3.8, 4) is 5.75 Å². The molecule has 1 aromatic carbocycles. The maximum absolute atomic E-state index is 12.9. The van der Waals surface area contributed by atoms with Crippen molar-refractivity contribution in [2.45, 2.75) is 18.7 Å². The lowest BCUT2D eigenvalue weighted by Gasteiger charge is -2.17. The number of ether oxygens (including phenoxy) is 2. The summed E-state index contributed by atoms with van der Waals surface area (Å²) in [4.78, 5) is 0. The Bertz CT molecular complexity index is 787. The highest BCUT2D eigenvalue weighted by atomic mass is 19.1. The van der Waals surface area contributed by atoms with Gasteiger partial charge in [-0.25, -0.2) is 9.07 Å². The molecular weight excluding hydrogens is 313 g/mol.